The normalized spacial score (nSPS) is 17.0. The van der Waals surface area contributed by atoms with Crippen molar-refractivity contribution in [1.82, 2.24) is 4.31 Å². The number of hydrogen-bond acceptors (Lipinski definition) is 7. The van der Waals surface area contributed by atoms with Crippen molar-refractivity contribution >= 4 is 37.9 Å². The number of rotatable bonds is 4. The molecule has 35 heavy (non-hydrogen) atoms. The van der Waals surface area contributed by atoms with Gasteiger partial charge >= 0.3 is 5.97 Å². The molecule has 0 bridgehead atoms. The lowest BCUT2D eigenvalue weighted by Gasteiger charge is -2.30. The average molecular weight is 494 g/mol. The molecule has 3 heterocycles. The lowest BCUT2D eigenvalue weighted by atomic mass is 9.98. The molecule has 0 spiro atoms. The Hall–Kier alpha value is -3.56. The van der Waals surface area contributed by atoms with Crippen LogP contribution < -0.4 is 14.2 Å². The van der Waals surface area contributed by atoms with Gasteiger partial charge in [0.05, 0.1) is 10.8 Å². The summed E-state index contributed by atoms with van der Waals surface area (Å²) in [6.07, 6.45) is 0.777. The van der Waals surface area contributed by atoms with Crippen LogP contribution in [0.3, 0.4) is 0 Å². The molecule has 9 heteroatoms. The van der Waals surface area contributed by atoms with Gasteiger partial charge < -0.3 is 18.6 Å². The zero-order valence-electron chi connectivity index (χ0n) is 18.8. The fourth-order valence-electron chi connectivity index (χ4n) is 4.63. The van der Waals surface area contributed by atoms with E-state index in [0.717, 1.165) is 21.9 Å². The minimum absolute atomic E-state index is 0.156. The van der Waals surface area contributed by atoms with Crippen molar-refractivity contribution in [3.05, 3.63) is 60.7 Å². The molecule has 4 aromatic rings. The number of nitrogens with zero attached hydrogens (tertiary/aromatic N) is 1. The van der Waals surface area contributed by atoms with E-state index in [4.69, 9.17) is 18.6 Å². The highest BCUT2D eigenvalue weighted by molar-refractivity contribution is 7.89. The van der Waals surface area contributed by atoms with Crippen LogP contribution in [0.1, 0.15) is 12.8 Å². The first-order valence-electron chi connectivity index (χ1n) is 11.5. The van der Waals surface area contributed by atoms with Crippen molar-refractivity contribution in [2.24, 2.45) is 5.92 Å². The predicted molar refractivity (Wildman–Crippen MR) is 128 cm³/mol. The number of carbonyl (C=O) groups excluding carboxylic acids is 1. The number of benzene rings is 3. The van der Waals surface area contributed by atoms with Crippen molar-refractivity contribution < 1.29 is 31.8 Å². The van der Waals surface area contributed by atoms with Crippen LogP contribution in [0.25, 0.3) is 21.9 Å². The molecule has 8 nitrogen and oxygen atoms in total. The molecule has 180 valence electrons. The van der Waals surface area contributed by atoms with E-state index in [1.165, 1.54) is 16.4 Å². The van der Waals surface area contributed by atoms with Crippen LogP contribution in [0.15, 0.2) is 70.0 Å². The molecule has 0 aliphatic carbocycles. The number of piperidine rings is 1. The maximum atomic E-state index is 13.2. The topological polar surface area (TPSA) is 95.3 Å². The Morgan fingerprint density at radius 3 is 2.43 bits per heavy atom. The maximum absolute atomic E-state index is 13.2. The number of carbonyl (C=O) groups is 1. The standard InChI is InChI=1S/C26H23NO7S/c28-26(33-18-5-7-23-21(15-18)20-3-1-2-4-22(20)34-23)17-9-11-27(12-10-17)35(29,30)19-6-8-24-25(16-19)32-14-13-31-24/h1-8,15-17H,9-14H2. The second-order valence-corrected chi connectivity index (χ2v) is 10.6. The summed E-state index contributed by atoms with van der Waals surface area (Å²) in [7, 11) is -3.71. The monoisotopic (exact) mass is 493 g/mol. The zero-order valence-corrected chi connectivity index (χ0v) is 19.6. The Morgan fingerprint density at radius 2 is 1.60 bits per heavy atom. The number of para-hydroxylation sites is 1. The van der Waals surface area contributed by atoms with Gasteiger partial charge in [0.2, 0.25) is 10.0 Å². The number of sulfonamides is 1. The van der Waals surface area contributed by atoms with Crippen molar-refractivity contribution in [3.8, 4) is 17.2 Å². The second-order valence-electron chi connectivity index (χ2n) is 8.66. The van der Waals surface area contributed by atoms with Crippen LogP contribution in [0.2, 0.25) is 0 Å². The Labute approximate surface area is 202 Å². The quantitative estimate of drug-likeness (QED) is 0.308. The van der Waals surface area contributed by atoms with Gasteiger partial charge in [0.25, 0.3) is 0 Å². The molecular weight excluding hydrogens is 470 g/mol. The minimum Gasteiger partial charge on any atom is -0.486 e. The summed E-state index contributed by atoms with van der Waals surface area (Å²) in [4.78, 5) is 13.0. The first-order chi connectivity index (χ1) is 17.0. The van der Waals surface area contributed by atoms with Gasteiger partial charge in [0, 0.05) is 29.9 Å². The van der Waals surface area contributed by atoms with Gasteiger partial charge in [-0.15, -0.1) is 0 Å². The highest BCUT2D eigenvalue weighted by Gasteiger charge is 2.33. The molecule has 1 saturated heterocycles. The van der Waals surface area contributed by atoms with E-state index in [0.29, 0.717) is 43.3 Å². The zero-order chi connectivity index (χ0) is 24.0. The number of furan rings is 1. The molecular formula is C26H23NO7S. The Kier molecular flexibility index (Phi) is 5.38. The fraction of sp³-hybridized carbons (Fsp3) is 0.269. The molecule has 2 aliphatic rings. The fourth-order valence-corrected chi connectivity index (χ4v) is 6.12. The van der Waals surface area contributed by atoms with Crippen LogP contribution in [0.4, 0.5) is 0 Å². The van der Waals surface area contributed by atoms with Crippen LogP contribution >= 0.6 is 0 Å². The first kappa shape index (κ1) is 21.9. The van der Waals surface area contributed by atoms with E-state index in [1.54, 1.807) is 24.3 Å². The summed E-state index contributed by atoms with van der Waals surface area (Å²) in [5.41, 5.74) is 1.50. The molecule has 0 atom stereocenters. The van der Waals surface area contributed by atoms with Crippen molar-refractivity contribution in [2.75, 3.05) is 26.3 Å². The summed E-state index contributed by atoms with van der Waals surface area (Å²) >= 11 is 0. The van der Waals surface area contributed by atoms with Crippen LogP contribution in [0.5, 0.6) is 17.2 Å². The van der Waals surface area contributed by atoms with Crippen molar-refractivity contribution in [3.63, 3.8) is 0 Å². The third kappa shape index (κ3) is 4.00. The number of esters is 1. The lowest BCUT2D eigenvalue weighted by Crippen LogP contribution is -2.41. The second kappa shape index (κ2) is 8.58. The Balaban J connectivity index is 1.13. The van der Waals surface area contributed by atoms with Crippen molar-refractivity contribution in [2.45, 2.75) is 17.7 Å². The van der Waals surface area contributed by atoms with E-state index < -0.39 is 10.0 Å². The Bertz CT molecular complexity index is 1530. The van der Waals surface area contributed by atoms with E-state index in [-0.39, 0.29) is 29.9 Å². The van der Waals surface area contributed by atoms with E-state index in [1.807, 2.05) is 24.3 Å². The Morgan fingerprint density at radius 1 is 0.857 bits per heavy atom. The summed E-state index contributed by atoms with van der Waals surface area (Å²) < 4.78 is 50.2. The van der Waals surface area contributed by atoms with Crippen LogP contribution in [-0.2, 0) is 14.8 Å². The smallest absolute Gasteiger partial charge is 0.314 e. The van der Waals surface area contributed by atoms with E-state index in [9.17, 15) is 13.2 Å². The van der Waals surface area contributed by atoms with Gasteiger partial charge in [-0.1, -0.05) is 18.2 Å². The molecule has 1 fully saturated rings. The van der Waals surface area contributed by atoms with Crippen LogP contribution in [0, 0.1) is 5.92 Å². The summed E-state index contributed by atoms with van der Waals surface area (Å²) in [5, 5.41) is 1.84. The molecule has 0 saturated carbocycles. The number of hydrogen-bond donors (Lipinski definition) is 0. The molecule has 1 aromatic heterocycles. The number of fused-ring (bicyclic) bond motifs is 4. The SMILES string of the molecule is O=C(Oc1ccc2oc3ccccc3c2c1)C1CCN(S(=O)(=O)c2ccc3c(c2)OCCO3)CC1. The van der Waals surface area contributed by atoms with Gasteiger partial charge in [0.15, 0.2) is 11.5 Å². The number of ether oxygens (including phenoxy) is 3. The van der Waals surface area contributed by atoms with E-state index in [2.05, 4.69) is 0 Å². The third-order valence-electron chi connectivity index (χ3n) is 6.51. The van der Waals surface area contributed by atoms with E-state index >= 15 is 0 Å². The highest BCUT2D eigenvalue weighted by Crippen LogP contribution is 2.35. The highest BCUT2D eigenvalue weighted by atomic mass is 32.2. The van der Waals surface area contributed by atoms with Gasteiger partial charge in [-0.05, 0) is 49.2 Å². The third-order valence-corrected chi connectivity index (χ3v) is 8.40. The maximum Gasteiger partial charge on any atom is 0.314 e. The van der Waals surface area contributed by atoms with Crippen molar-refractivity contribution in [1.29, 1.82) is 0 Å². The molecule has 0 N–H and O–H groups in total. The van der Waals surface area contributed by atoms with Gasteiger partial charge in [0.1, 0.15) is 30.1 Å². The van der Waals surface area contributed by atoms with Crippen LogP contribution in [-0.4, -0.2) is 45.0 Å². The van der Waals surface area contributed by atoms with Gasteiger partial charge in [-0.25, -0.2) is 8.42 Å². The molecule has 0 radical (unpaired) electrons. The molecule has 0 amide bonds. The molecule has 6 rings (SSSR count). The lowest BCUT2D eigenvalue weighted by molar-refractivity contribution is -0.140. The summed E-state index contributed by atoms with van der Waals surface area (Å²) in [6, 6.07) is 17.7. The predicted octanol–water partition coefficient (Wildman–Crippen LogP) is 4.36. The molecule has 3 aromatic carbocycles. The molecule has 0 unspecified atom stereocenters. The van der Waals surface area contributed by atoms with Gasteiger partial charge in [-0.3, -0.25) is 4.79 Å². The minimum atomic E-state index is -3.71. The summed E-state index contributed by atoms with van der Waals surface area (Å²) in [6.45, 7) is 1.30. The average Bonchev–Trinajstić information content (AvgIpc) is 3.26. The summed E-state index contributed by atoms with van der Waals surface area (Å²) in [5.74, 6) is 0.684. The van der Waals surface area contributed by atoms with Gasteiger partial charge in [-0.2, -0.15) is 4.31 Å². The molecule has 2 aliphatic heterocycles. The largest absolute Gasteiger partial charge is 0.486 e. The first-order valence-corrected chi connectivity index (χ1v) is 13.0.